The van der Waals surface area contributed by atoms with Crippen LogP contribution in [-0.2, 0) is 19.1 Å². The summed E-state index contributed by atoms with van der Waals surface area (Å²) in [6.45, 7) is 5.84. The van der Waals surface area contributed by atoms with Crippen LogP contribution in [-0.4, -0.2) is 55.3 Å². The summed E-state index contributed by atoms with van der Waals surface area (Å²) in [7, 11) is 0. The number of morpholine rings is 1. The molecule has 2 aromatic rings. The first kappa shape index (κ1) is 19.9. The Hall–Kier alpha value is -2.87. The zero-order chi connectivity index (χ0) is 20.3. The van der Waals surface area contributed by atoms with Crippen LogP contribution in [0.2, 0.25) is 0 Å². The first-order chi connectivity index (χ1) is 13.3. The third kappa shape index (κ3) is 4.89. The Morgan fingerprint density at radius 3 is 2.57 bits per heavy atom. The van der Waals surface area contributed by atoms with Crippen LogP contribution < -0.4 is 10.4 Å². The molecule has 2 heterocycles. The van der Waals surface area contributed by atoms with Crippen LogP contribution in [0.5, 0.6) is 5.75 Å². The number of rotatable bonds is 5. The smallest absolute Gasteiger partial charge is 0.344 e. The van der Waals surface area contributed by atoms with E-state index in [0.717, 1.165) is 10.9 Å². The molecular weight excluding hydrogens is 366 g/mol. The molecule has 150 valence electrons. The number of ether oxygens (including phenoxy) is 3. The molecule has 1 aliphatic rings. The van der Waals surface area contributed by atoms with Gasteiger partial charge < -0.3 is 23.5 Å². The molecule has 1 aliphatic heterocycles. The van der Waals surface area contributed by atoms with E-state index in [4.69, 9.17) is 18.6 Å². The Kier molecular flexibility index (Phi) is 5.99. The predicted molar refractivity (Wildman–Crippen MR) is 100 cm³/mol. The maximum Gasteiger partial charge on any atom is 0.344 e. The highest BCUT2D eigenvalue weighted by Crippen LogP contribution is 2.22. The van der Waals surface area contributed by atoms with Gasteiger partial charge in [0, 0.05) is 30.6 Å². The normalized spacial score (nSPS) is 19.5. The second-order valence-corrected chi connectivity index (χ2v) is 6.91. The molecule has 0 bridgehead atoms. The number of esters is 1. The topological polar surface area (TPSA) is 95.3 Å². The van der Waals surface area contributed by atoms with Gasteiger partial charge in [-0.3, -0.25) is 4.79 Å². The fourth-order valence-electron chi connectivity index (χ4n) is 3.19. The highest BCUT2D eigenvalue weighted by atomic mass is 16.6. The monoisotopic (exact) mass is 389 g/mol. The van der Waals surface area contributed by atoms with Gasteiger partial charge >= 0.3 is 11.6 Å². The number of amides is 1. The number of carbonyl (C=O) groups excluding carboxylic acids is 2. The summed E-state index contributed by atoms with van der Waals surface area (Å²) in [4.78, 5) is 37.2. The van der Waals surface area contributed by atoms with Gasteiger partial charge in [-0.2, -0.15) is 0 Å². The molecule has 0 aliphatic carbocycles. The predicted octanol–water partition coefficient (Wildman–Crippen LogP) is 1.66. The summed E-state index contributed by atoms with van der Waals surface area (Å²) >= 11 is 0. The van der Waals surface area contributed by atoms with Gasteiger partial charge in [-0.15, -0.1) is 0 Å². The lowest BCUT2D eigenvalue weighted by Crippen LogP contribution is -2.49. The molecule has 1 amide bonds. The SMILES string of the molecule is Cc1cc(=O)oc2cc(OCC(=O)OCC(=O)N3C[C@@H](C)O[C@@H](C)C3)ccc12. The molecule has 1 fully saturated rings. The summed E-state index contributed by atoms with van der Waals surface area (Å²) in [6, 6.07) is 6.37. The highest BCUT2D eigenvalue weighted by Gasteiger charge is 2.26. The highest BCUT2D eigenvalue weighted by molar-refractivity contribution is 5.82. The maximum atomic E-state index is 12.2. The van der Waals surface area contributed by atoms with Crippen molar-refractivity contribution in [2.45, 2.75) is 33.0 Å². The third-order valence-corrected chi connectivity index (χ3v) is 4.41. The van der Waals surface area contributed by atoms with E-state index in [9.17, 15) is 14.4 Å². The molecule has 3 rings (SSSR count). The standard InChI is InChI=1S/C20H23NO7/c1-12-6-19(23)28-17-7-15(4-5-16(12)17)25-11-20(24)26-10-18(22)21-8-13(2)27-14(3)9-21/h4-7,13-14H,8-11H2,1-3H3/t13-,14+. The molecule has 0 N–H and O–H groups in total. The summed E-state index contributed by atoms with van der Waals surface area (Å²) in [5.74, 6) is -0.563. The van der Waals surface area contributed by atoms with Crippen LogP contribution in [0.1, 0.15) is 19.4 Å². The van der Waals surface area contributed by atoms with Gasteiger partial charge in [0.05, 0.1) is 12.2 Å². The minimum atomic E-state index is -0.659. The number of benzene rings is 1. The zero-order valence-electron chi connectivity index (χ0n) is 16.1. The number of aryl methyl sites for hydroxylation is 1. The van der Waals surface area contributed by atoms with E-state index in [1.54, 1.807) is 23.1 Å². The number of fused-ring (bicyclic) bond motifs is 1. The molecule has 1 aromatic heterocycles. The van der Waals surface area contributed by atoms with Gasteiger partial charge in [-0.25, -0.2) is 9.59 Å². The Bertz CT molecular complexity index is 926. The zero-order valence-corrected chi connectivity index (χ0v) is 16.1. The Labute approximate surface area is 162 Å². The van der Waals surface area contributed by atoms with Crippen LogP contribution in [0.15, 0.2) is 33.5 Å². The molecule has 0 saturated carbocycles. The van der Waals surface area contributed by atoms with Crippen molar-refractivity contribution in [3.8, 4) is 5.75 Å². The lowest BCUT2D eigenvalue weighted by Gasteiger charge is -2.35. The molecule has 0 unspecified atom stereocenters. The summed E-state index contributed by atoms with van der Waals surface area (Å²) in [6.07, 6.45) is -0.105. The summed E-state index contributed by atoms with van der Waals surface area (Å²) < 4.78 is 21.1. The first-order valence-corrected chi connectivity index (χ1v) is 9.08. The number of hydrogen-bond acceptors (Lipinski definition) is 7. The fraction of sp³-hybridized carbons (Fsp3) is 0.450. The molecule has 28 heavy (non-hydrogen) atoms. The van der Waals surface area contributed by atoms with Gasteiger partial charge in [-0.1, -0.05) is 0 Å². The number of carbonyl (C=O) groups is 2. The molecular formula is C20H23NO7. The van der Waals surface area contributed by atoms with E-state index in [2.05, 4.69) is 0 Å². The van der Waals surface area contributed by atoms with E-state index in [-0.39, 0.29) is 31.3 Å². The van der Waals surface area contributed by atoms with Crippen molar-refractivity contribution in [2.24, 2.45) is 0 Å². The lowest BCUT2D eigenvalue weighted by atomic mass is 10.1. The van der Waals surface area contributed by atoms with Crippen LogP contribution in [0.4, 0.5) is 0 Å². The van der Waals surface area contributed by atoms with Gasteiger partial charge in [0.15, 0.2) is 13.2 Å². The van der Waals surface area contributed by atoms with Gasteiger partial charge in [0.2, 0.25) is 0 Å². The minimum absolute atomic E-state index is 0.0525. The number of nitrogens with zero attached hydrogens (tertiary/aromatic N) is 1. The Balaban J connectivity index is 1.51. The van der Waals surface area contributed by atoms with Crippen LogP contribution in [0.25, 0.3) is 11.0 Å². The molecule has 0 radical (unpaired) electrons. The molecule has 8 nitrogen and oxygen atoms in total. The number of hydrogen-bond donors (Lipinski definition) is 0. The van der Waals surface area contributed by atoms with Crippen molar-refractivity contribution in [2.75, 3.05) is 26.3 Å². The van der Waals surface area contributed by atoms with Gasteiger partial charge in [0.25, 0.3) is 5.91 Å². The molecule has 1 aromatic carbocycles. The van der Waals surface area contributed by atoms with E-state index in [1.807, 2.05) is 20.8 Å². The average Bonchev–Trinajstić information content (AvgIpc) is 2.63. The summed E-state index contributed by atoms with van der Waals surface area (Å²) in [5.41, 5.74) is 0.718. The quantitative estimate of drug-likeness (QED) is 0.567. The van der Waals surface area contributed by atoms with Crippen molar-refractivity contribution in [3.05, 3.63) is 40.2 Å². The second kappa shape index (κ2) is 8.43. The second-order valence-electron chi connectivity index (χ2n) is 6.91. The van der Waals surface area contributed by atoms with E-state index >= 15 is 0 Å². The molecule has 0 spiro atoms. The third-order valence-electron chi connectivity index (χ3n) is 4.41. The Morgan fingerprint density at radius 2 is 1.86 bits per heavy atom. The lowest BCUT2D eigenvalue weighted by molar-refractivity contribution is -0.158. The molecule has 2 atom stereocenters. The first-order valence-electron chi connectivity index (χ1n) is 9.08. The maximum absolute atomic E-state index is 12.2. The summed E-state index contributed by atoms with van der Waals surface area (Å²) in [5, 5.41) is 0.786. The van der Waals surface area contributed by atoms with Crippen LogP contribution in [0, 0.1) is 6.92 Å². The fourth-order valence-corrected chi connectivity index (χ4v) is 3.19. The van der Waals surface area contributed by atoms with Crippen molar-refractivity contribution >= 4 is 22.8 Å². The average molecular weight is 389 g/mol. The van der Waals surface area contributed by atoms with Crippen LogP contribution in [0.3, 0.4) is 0 Å². The van der Waals surface area contributed by atoms with E-state index in [1.165, 1.54) is 6.07 Å². The Morgan fingerprint density at radius 1 is 1.14 bits per heavy atom. The molecule has 8 heteroatoms. The largest absolute Gasteiger partial charge is 0.482 e. The van der Waals surface area contributed by atoms with Crippen molar-refractivity contribution in [1.82, 2.24) is 4.90 Å². The van der Waals surface area contributed by atoms with Crippen LogP contribution >= 0.6 is 0 Å². The van der Waals surface area contributed by atoms with Crippen molar-refractivity contribution < 1.29 is 28.2 Å². The minimum Gasteiger partial charge on any atom is -0.482 e. The van der Waals surface area contributed by atoms with E-state index < -0.39 is 11.6 Å². The van der Waals surface area contributed by atoms with Gasteiger partial charge in [0.1, 0.15) is 11.3 Å². The van der Waals surface area contributed by atoms with Crippen molar-refractivity contribution in [1.29, 1.82) is 0 Å². The van der Waals surface area contributed by atoms with E-state index in [0.29, 0.717) is 24.4 Å². The van der Waals surface area contributed by atoms with Crippen molar-refractivity contribution in [3.63, 3.8) is 0 Å². The molecule has 1 saturated heterocycles. The van der Waals surface area contributed by atoms with Gasteiger partial charge in [-0.05, 0) is 38.5 Å².